The zero-order valence-corrected chi connectivity index (χ0v) is 7.09. The molecule has 1 N–H and O–H groups in total. The maximum atomic E-state index is 10.6. The summed E-state index contributed by atoms with van der Waals surface area (Å²) in [5, 5.41) is 3.21. The molecule has 1 saturated heterocycles. The van der Waals surface area contributed by atoms with Gasteiger partial charge in [-0.25, -0.2) is 0 Å². The van der Waals surface area contributed by atoms with Crippen LogP contribution < -0.4 is 5.32 Å². The van der Waals surface area contributed by atoms with E-state index in [1.165, 1.54) is 6.92 Å². The van der Waals surface area contributed by atoms with E-state index in [1.807, 2.05) is 0 Å². The smallest absolute Gasteiger partial charge is 0.302 e. The van der Waals surface area contributed by atoms with Gasteiger partial charge in [-0.05, 0) is 18.9 Å². The minimum Gasteiger partial charge on any atom is -0.461 e. The number of nitrogens with one attached hydrogen (secondary N) is 1. The van der Waals surface area contributed by atoms with E-state index in [-0.39, 0.29) is 12.1 Å². The molecule has 0 spiro atoms. The maximum absolute atomic E-state index is 10.6. The number of rotatable bonds is 1. The first-order valence-corrected chi connectivity index (χ1v) is 4.06. The highest BCUT2D eigenvalue weighted by Gasteiger charge is 2.20. The molecule has 0 aromatic carbocycles. The lowest BCUT2D eigenvalue weighted by Gasteiger charge is -2.26. The van der Waals surface area contributed by atoms with Crippen molar-refractivity contribution in [2.24, 2.45) is 5.92 Å². The summed E-state index contributed by atoms with van der Waals surface area (Å²) in [4.78, 5) is 10.6. The molecule has 1 heterocycles. The van der Waals surface area contributed by atoms with Crippen molar-refractivity contribution in [1.29, 1.82) is 0 Å². The lowest BCUT2D eigenvalue weighted by molar-refractivity contribution is -0.147. The summed E-state index contributed by atoms with van der Waals surface area (Å²) >= 11 is 0. The molecule has 2 atom stereocenters. The number of carbonyl (C=O) groups excluding carboxylic acids is 1. The lowest BCUT2D eigenvalue weighted by Crippen LogP contribution is -2.40. The summed E-state index contributed by atoms with van der Waals surface area (Å²) < 4.78 is 5.06. The minimum absolute atomic E-state index is 0.0937. The molecular weight excluding hydrogens is 142 g/mol. The highest BCUT2D eigenvalue weighted by atomic mass is 16.5. The number of piperidine rings is 1. The van der Waals surface area contributed by atoms with Crippen LogP contribution in [0.4, 0.5) is 0 Å². The van der Waals surface area contributed by atoms with E-state index in [1.54, 1.807) is 0 Å². The van der Waals surface area contributed by atoms with Crippen LogP contribution in [0.15, 0.2) is 0 Å². The van der Waals surface area contributed by atoms with Crippen LogP contribution in [0.1, 0.15) is 20.3 Å². The monoisotopic (exact) mass is 157 g/mol. The quantitative estimate of drug-likeness (QED) is 0.565. The van der Waals surface area contributed by atoms with Crippen LogP contribution in [0.5, 0.6) is 0 Å². The Morgan fingerprint density at radius 3 is 2.82 bits per heavy atom. The van der Waals surface area contributed by atoms with Crippen LogP contribution in [0.2, 0.25) is 0 Å². The summed E-state index contributed by atoms with van der Waals surface area (Å²) in [5.74, 6) is 0.444. The van der Waals surface area contributed by atoms with Gasteiger partial charge in [0.15, 0.2) is 0 Å². The van der Waals surface area contributed by atoms with Crippen LogP contribution >= 0.6 is 0 Å². The summed E-state index contributed by atoms with van der Waals surface area (Å²) in [5.41, 5.74) is 0. The molecule has 2 unspecified atom stereocenters. The predicted molar refractivity (Wildman–Crippen MR) is 42.2 cm³/mol. The van der Waals surface area contributed by atoms with Crippen molar-refractivity contribution in [3.8, 4) is 0 Å². The summed E-state index contributed by atoms with van der Waals surface area (Å²) in [6, 6.07) is 0. The minimum atomic E-state index is -0.175. The van der Waals surface area contributed by atoms with E-state index >= 15 is 0 Å². The van der Waals surface area contributed by atoms with Gasteiger partial charge in [-0.3, -0.25) is 4.79 Å². The largest absolute Gasteiger partial charge is 0.461 e. The normalized spacial score (nSPS) is 31.5. The molecule has 64 valence electrons. The molecule has 0 aromatic heterocycles. The van der Waals surface area contributed by atoms with E-state index in [2.05, 4.69) is 12.2 Å². The van der Waals surface area contributed by atoms with E-state index < -0.39 is 0 Å². The van der Waals surface area contributed by atoms with Gasteiger partial charge in [0.1, 0.15) is 6.10 Å². The molecule has 0 aliphatic carbocycles. The summed E-state index contributed by atoms with van der Waals surface area (Å²) in [7, 11) is 0. The van der Waals surface area contributed by atoms with Crippen LogP contribution in [0, 0.1) is 5.92 Å². The van der Waals surface area contributed by atoms with Crippen LogP contribution in [0.25, 0.3) is 0 Å². The molecule has 0 saturated carbocycles. The first-order valence-electron chi connectivity index (χ1n) is 4.06. The molecule has 0 aromatic rings. The fraction of sp³-hybridized carbons (Fsp3) is 0.875. The standard InChI is InChI=1S/C8H15NO2/c1-6-3-8(5-9-4-6)11-7(2)10/h6,8-9H,3-5H2,1-2H3. The molecule has 0 radical (unpaired) electrons. The SMILES string of the molecule is CC(=O)OC1CNCC(C)C1. The number of hydrogen-bond donors (Lipinski definition) is 1. The number of esters is 1. The van der Waals surface area contributed by atoms with Crippen molar-refractivity contribution in [3.63, 3.8) is 0 Å². The van der Waals surface area contributed by atoms with Gasteiger partial charge in [0.05, 0.1) is 0 Å². The Morgan fingerprint density at radius 2 is 2.27 bits per heavy atom. The van der Waals surface area contributed by atoms with Gasteiger partial charge in [0.25, 0.3) is 0 Å². The van der Waals surface area contributed by atoms with Gasteiger partial charge < -0.3 is 10.1 Å². The molecule has 1 rings (SSSR count). The fourth-order valence-electron chi connectivity index (χ4n) is 1.43. The Hall–Kier alpha value is -0.570. The number of hydrogen-bond acceptors (Lipinski definition) is 3. The predicted octanol–water partition coefficient (Wildman–Crippen LogP) is 0.547. The van der Waals surface area contributed by atoms with E-state index in [0.29, 0.717) is 5.92 Å². The van der Waals surface area contributed by atoms with Crippen molar-refractivity contribution in [3.05, 3.63) is 0 Å². The van der Waals surface area contributed by atoms with E-state index in [9.17, 15) is 4.79 Å². The lowest BCUT2D eigenvalue weighted by atomic mass is 10.00. The summed E-state index contributed by atoms with van der Waals surface area (Å²) in [6.45, 7) is 5.46. The van der Waals surface area contributed by atoms with Crippen LogP contribution in [-0.2, 0) is 9.53 Å². The molecule has 0 amide bonds. The van der Waals surface area contributed by atoms with Gasteiger partial charge in [0.2, 0.25) is 0 Å². The molecule has 1 aliphatic rings. The molecule has 0 bridgehead atoms. The third-order valence-electron chi connectivity index (χ3n) is 1.86. The first-order chi connectivity index (χ1) is 5.18. The first kappa shape index (κ1) is 8.53. The Labute approximate surface area is 67.1 Å². The van der Waals surface area contributed by atoms with Gasteiger partial charge in [-0.15, -0.1) is 0 Å². The second-order valence-corrected chi connectivity index (χ2v) is 3.23. The maximum Gasteiger partial charge on any atom is 0.302 e. The fourth-order valence-corrected chi connectivity index (χ4v) is 1.43. The average molecular weight is 157 g/mol. The Morgan fingerprint density at radius 1 is 1.55 bits per heavy atom. The van der Waals surface area contributed by atoms with Gasteiger partial charge in [-0.2, -0.15) is 0 Å². The van der Waals surface area contributed by atoms with Crippen LogP contribution in [0.3, 0.4) is 0 Å². The third kappa shape index (κ3) is 2.89. The molecular formula is C8H15NO2. The molecule has 3 nitrogen and oxygen atoms in total. The van der Waals surface area contributed by atoms with Crippen LogP contribution in [-0.4, -0.2) is 25.2 Å². The highest BCUT2D eigenvalue weighted by molar-refractivity contribution is 5.66. The molecule has 1 aliphatic heterocycles. The topological polar surface area (TPSA) is 38.3 Å². The number of ether oxygens (including phenoxy) is 1. The van der Waals surface area contributed by atoms with E-state index in [0.717, 1.165) is 19.5 Å². The average Bonchev–Trinajstić information content (AvgIpc) is 1.85. The van der Waals surface area contributed by atoms with Crippen molar-refractivity contribution < 1.29 is 9.53 Å². The summed E-state index contributed by atoms with van der Waals surface area (Å²) in [6.07, 6.45) is 1.09. The van der Waals surface area contributed by atoms with Gasteiger partial charge >= 0.3 is 5.97 Å². The zero-order valence-electron chi connectivity index (χ0n) is 7.09. The molecule has 11 heavy (non-hydrogen) atoms. The number of carbonyl (C=O) groups is 1. The van der Waals surface area contributed by atoms with Crippen molar-refractivity contribution in [1.82, 2.24) is 5.32 Å². The second-order valence-electron chi connectivity index (χ2n) is 3.23. The van der Waals surface area contributed by atoms with Crippen molar-refractivity contribution in [2.75, 3.05) is 13.1 Å². The van der Waals surface area contributed by atoms with Crippen molar-refractivity contribution in [2.45, 2.75) is 26.4 Å². The zero-order chi connectivity index (χ0) is 8.27. The second kappa shape index (κ2) is 3.72. The van der Waals surface area contributed by atoms with Crippen molar-refractivity contribution >= 4 is 5.97 Å². The molecule has 3 heteroatoms. The Balaban J connectivity index is 2.28. The van der Waals surface area contributed by atoms with E-state index in [4.69, 9.17) is 4.74 Å². The Bertz CT molecular complexity index is 147. The third-order valence-corrected chi connectivity index (χ3v) is 1.86. The van der Waals surface area contributed by atoms with Gasteiger partial charge in [0, 0.05) is 13.5 Å². The highest BCUT2D eigenvalue weighted by Crippen LogP contribution is 2.12. The molecule has 1 fully saturated rings. The Kier molecular flexibility index (Phi) is 2.88. The van der Waals surface area contributed by atoms with Gasteiger partial charge in [-0.1, -0.05) is 6.92 Å².